The molecule has 2 heterocycles. The largest absolute Gasteiger partial charge is 0.480 e. The van der Waals surface area contributed by atoms with Gasteiger partial charge in [-0.05, 0) is 72.9 Å². The smallest absolute Gasteiger partial charge is 0.326 e. The summed E-state index contributed by atoms with van der Waals surface area (Å²) in [7, 11) is 3.78. The van der Waals surface area contributed by atoms with Crippen molar-refractivity contribution >= 4 is 59.0 Å². The lowest BCUT2D eigenvalue weighted by molar-refractivity contribution is -0.672. The van der Waals surface area contributed by atoms with Crippen LogP contribution in [-0.2, 0) is 78.1 Å². The molecule has 2 aromatic heterocycles. The monoisotopic (exact) mass is 1120 g/mol. The zero-order valence-electron chi connectivity index (χ0n) is 46.8. The Morgan fingerprint density at radius 2 is 0.951 bits per heavy atom. The highest BCUT2D eigenvalue weighted by atomic mass is 16.4. The molecule has 0 saturated heterocycles. The number of nitrogens with zero attached hydrogens (tertiary/aromatic N) is 2. The molecule has 2 saturated carbocycles. The molecule has 7 amide bonds. The number of carbonyl (C=O) groups is 8. The Bertz CT molecular complexity index is 2820. The summed E-state index contributed by atoms with van der Waals surface area (Å²) in [6.07, 6.45) is 17.7. The summed E-state index contributed by atoms with van der Waals surface area (Å²) in [6.45, 7) is 2.65. The SMILES string of the molecule is CC(=O)N[C@@H](Cc1ccc(C(=N)N)cc1)C(=O)NC(C(=O)O)C1CCCCC1.CC(=O)N[C@@H](Cc1ccc(C(N)=[NH2+])cc1)C(=O)NC(C(=O)N[C@@H](Cc1ccc[n+](C)c1)C(N)=O)C1CCCCC1.C[n+]1cccc(C[C@H](N)C(N)=O)c1. The van der Waals surface area contributed by atoms with Crippen LogP contribution in [0.4, 0.5) is 0 Å². The molecular formula is C58H83N14O9+3. The molecule has 2 aliphatic rings. The maximum Gasteiger partial charge on any atom is 0.326 e. The number of hydrogen-bond donors (Lipinski definition) is 13. The van der Waals surface area contributed by atoms with E-state index < -0.39 is 71.8 Å². The highest BCUT2D eigenvalue weighted by Crippen LogP contribution is 2.28. The van der Waals surface area contributed by atoms with Crippen LogP contribution < -0.4 is 69.8 Å². The number of aliphatic carboxylic acids is 1. The van der Waals surface area contributed by atoms with Crippen LogP contribution in [0.1, 0.15) is 111 Å². The van der Waals surface area contributed by atoms with E-state index in [0.29, 0.717) is 17.5 Å². The van der Waals surface area contributed by atoms with Gasteiger partial charge in [0, 0.05) is 68.4 Å². The number of primary amides is 2. The molecule has 6 rings (SSSR count). The van der Waals surface area contributed by atoms with Gasteiger partial charge in [-0.25, -0.2) is 13.9 Å². The Balaban J connectivity index is 0.000000296. The summed E-state index contributed by atoms with van der Waals surface area (Å²) in [4.78, 5) is 98.1. The van der Waals surface area contributed by atoms with E-state index in [1.807, 2.05) is 72.3 Å². The van der Waals surface area contributed by atoms with Gasteiger partial charge < -0.3 is 54.6 Å². The summed E-state index contributed by atoms with van der Waals surface area (Å²) in [6, 6.07) is 16.2. The molecule has 436 valence electrons. The number of hydrogen-bond acceptors (Lipinski definition) is 10. The summed E-state index contributed by atoms with van der Waals surface area (Å²) in [5.41, 5.74) is 31.9. The Labute approximate surface area is 473 Å². The fraction of sp³-hybridized carbons (Fsp3) is 0.448. The molecular weight excluding hydrogens is 1040 g/mol. The summed E-state index contributed by atoms with van der Waals surface area (Å²) in [5.74, 6) is -4.47. The van der Waals surface area contributed by atoms with Crippen molar-refractivity contribution in [1.82, 2.24) is 26.6 Å². The number of carboxylic acids is 1. The maximum absolute atomic E-state index is 13.6. The van der Waals surface area contributed by atoms with Crippen molar-refractivity contribution in [2.75, 3.05) is 0 Å². The van der Waals surface area contributed by atoms with Crippen LogP contribution in [0.3, 0.4) is 0 Å². The molecule has 2 unspecified atom stereocenters. The number of aromatic nitrogens is 2. The number of benzene rings is 2. The Morgan fingerprint density at radius 3 is 1.33 bits per heavy atom. The van der Waals surface area contributed by atoms with Crippen molar-refractivity contribution in [1.29, 1.82) is 5.41 Å². The predicted octanol–water partition coefficient (Wildman–Crippen LogP) is -1.67. The van der Waals surface area contributed by atoms with Crippen LogP contribution in [-0.4, -0.2) is 100 Å². The molecule has 23 nitrogen and oxygen atoms in total. The van der Waals surface area contributed by atoms with Gasteiger partial charge in [-0.2, -0.15) is 0 Å². The van der Waals surface area contributed by atoms with Gasteiger partial charge in [0.1, 0.15) is 50.1 Å². The second-order valence-electron chi connectivity index (χ2n) is 20.9. The van der Waals surface area contributed by atoms with Crippen LogP contribution in [0, 0.1) is 17.2 Å². The molecule has 2 fully saturated rings. The molecule has 19 N–H and O–H groups in total. The second-order valence-corrected chi connectivity index (χ2v) is 20.9. The number of aryl methyl sites for hydroxylation is 2. The summed E-state index contributed by atoms with van der Waals surface area (Å²) >= 11 is 0. The molecule has 2 aromatic carbocycles. The lowest BCUT2D eigenvalue weighted by Gasteiger charge is -2.32. The molecule has 4 aromatic rings. The van der Waals surface area contributed by atoms with Crippen LogP contribution >= 0.6 is 0 Å². The van der Waals surface area contributed by atoms with E-state index in [-0.39, 0.29) is 54.6 Å². The zero-order valence-corrected chi connectivity index (χ0v) is 46.8. The number of amides is 7. The van der Waals surface area contributed by atoms with Gasteiger partial charge in [0.25, 0.3) is 5.84 Å². The number of amidine groups is 2. The average molecular weight is 1120 g/mol. The number of pyridine rings is 2. The Kier molecular flexibility index (Phi) is 26.0. The first-order chi connectivity index (χ1) is 38.4. The minimum atomic E-state index is -1.05. The highest BCUT2D eigenvalue weighted by molar-refractivity contribution is 5.96. The van der Waals surface area contributed by atoms with Gasteiger partial charge in [-0.15, -0.1) is 0 Å². The Hall–Kier alpha value is -8.60. The van der Waals surface area contributed by atoms with Gasteiger partial charge in [-0.1, -0.05) is 74.9 Å². The summed E-state index contributed by atoms with van der Waals surface area (Å²) < 4.78 is 3.75. The van der Waals surface area contributed by atoms with Crippen molar-refractivity contribution in [3.63, 3.8) is 0 Å². The first-order valence-electron chi connectivity index (χ1n) is 27.2. The number of carboxylic acid groups (broad SMARTS) is 1. The van der Waals surface area contributed by atoms with Crippen molar-refractivity contribution in [2.24, 2.45) is 54.6 Å². The third kappa shape index (κ3) is 22.6. The number of nitrogen functional groups attached to an aromatic ring is 1. The van der Waals surface area contributed by atoms with Crippen molar-refractivity contribution in [2.45, 2.75) is 140 Å². The number of carbonyl (C=O) groups excluding carboxylic acids is 7. The quantitative estimate of drug-likeness (QED) is 0.0226. The minimum absolute atomic E-state index is 0.0560. The third-order valence-corrected chi connectivity index (χ3v) is 14.1. The molecule has 81 heavy (non-hydrogen) atoms. The van der Waals surface area contributed by atoms with Crippen molar-refractivity contribution in [3.8, 4) is 0 Å². The standard InChI is InChI=1S/C29H39N7O4.C20H28N4O4.C9H13N3O/c1-18(37)33-24(15-19-10-12-22(13-11-19)26(30)31)28(39)35-25(21-8-4-3-5-9-21)29(40)34-23(27(32)38)16-20-7-6-14-36(2)17-20;1-12(25)23-16(11-13-7-9-15(10-8-13)18(21)22)19(26)24-17(20(27)28)14-5-3-2-4-6-14;1-12-4-2-3-7(6-12)5-8(10)9(11)13/h6-7,10-14,17,21,23-25H,3-5,8-9,15-16H2,1-2H3,(H7-,30,31,32,33,34,35,37,38,39,40);7-10,14,16-17H,2-6,11H2,1H3,(H3,21,22)(H,23,25)(H,24,26)(H,27,28);2-4,6,8H,5,10H2,1H3,(H-,11,13)/p+3/t23-,24-,25?;16-,17?;8-/m000/s1. The molecule has 23 heteroatoms. The van der Waals surface area contributed by atoms with E-state index in [9.17, 15) is 43.5 Å². The normalized spacial score (nSPS) is 15.5. The van der Waals surface area contributed by atoms with Gasteiger partial charge in [0.15, 0.2) is 24.8 Å². The molecule has 0 aliphatic heterocycles. The van der Waals surface area contributed by atoms with E-state index in [2.05, 4.69) is 26.6 Å². The number of nitrogens with one attached hydrogen (secondary N) is 6. The minimum Gasteiger partial charge on any atom is -0.480 e. The highest BCUT2D eigenvalue weighted by Gasteiger charge is 2.36. The van der Waals surface area contributed by atoms with E-state index in [1.165, 1.54) is 13.8 Å². The molecule has 0 bridgehead atoms. The zero-order chi connectivity index (χ0) is 59.8. The number of nitrogens with two attached hydrogens (primary N) is 6. The maximum atomic E-state index is 13.6. The van der Waals surface area contributed by atoms with Gasteiger partial charge >= 0.3 is 5.97 Å². The first kappa shape index (κ1) is 64.9. The van der Waals surface area contributed by atoms with Crippen LogP contribution in [0.25, 0.3) is 0 Å². The average Bonchev–Trinajstić information content (AvgIpc) is 3.43. The van der Waals surface area contributed by atoms with Crippen molar-refractivity contribution < 1.29 is 58.0 Å². The molecule has 2 aliphatic carbocycles. The fourth-order valence-electron chi connectivity index (χ4n) is 9.87. The molecule has 0 radical (unpaired) electrons. The van der Waals surface area contributed by atoms with Gasteiger partial charge in [-0.3, -0.25) is 50.1 Å². The Morgan fingerprint density at radius 1 is 0.543 bits per heavy atom. The second kappa shape index (κ2) is 32.5. The fourth-order valence-corrected chi connectivity index (χ4v) is 9.87. The van der Waals surface area contributed by atoms with E-state index in [0.717, 1.165) is 86.5 Å². The van der Waals surface area contributed by atoms with E-state index in [4.69, 9.17) is 39.5 Å². The first-order valence-corrected chi connectivity index (χ1v) is 27.2. The van der Waals surface area contributed by atoms with Gasteiger partial charge in [0.2, 0.25) is 41.4 Å². The van der Waals surface area contributed by atoms with Crippen LogP contribution in [0.5, 0.6) is 0 Å². The van der Waals surface area contributed by atoms with Crippen molar-refractivity contribution in [3.05, 3.63) is 131 Å². The van der Waals surface area contributed by atoms with E-state index in [1.54, 1.807) is 48.5 Å². The van der Waals surface area contributed by atoms with Crippen LogP contribution in [0.15, 0.2) is 97.6 Å². The number of rotatable bonds is 23. The topological polar surface area (TPSA) is 404 Å². The predicted molar refractivity (Wildman–Crippen MR) is 302 cm³/mol. The lowest BCUT2D eigenvalue weighted by atomic mass is 9.83. The van der Waals surface area contributed by atoms with Crippen LogP contribution in [0.2, 0.25) is 0 Å². The molecule has 0 spiro atoms. The molecule has 6 atom stereocenters. The summed E-state index contributed by atoms with van der Waals surface area (Å²) in [5, 5.41) is 36.2. The lowest BCUT2D eigenvalue weighted by Crippen LogP contribution is -2.59. The third-order valence-electron chi connectivity index (χ3n) is 14.1. The van der Waals surface area contributed by atoms with E-state index >= 15 is 0 Å². The van der Waals surface area contributed by atoms with Gasteiger partial charge in [0.05, 0.1) is 11.6 Å².